The third-order valence-electron chi connectivity index (χ3n) is 4.83. The van der Waals surface area contributed by atoms with Crippen molar-refractivity contribution in [2.45, 2.75) is 25.8 Å². The Balaban J connectivity index is 2.16. The van der Waals surface area contributed by atoms with Gasteiger partial charge in [-0.1, -0.05) is 74.5 Å². The van der Waals surface area contributed by atoms with Gasteiger partial charge in [-0.15, -0.1) is 6.58 Å². The number of rotatable bonds is 5. The van der Waals surface area contributed by atoms with Crippen LogP contribution in [0.5, 0.6) is 0 Å². The van der Waals surface area contributed by atoms with Crippen molar-refractivity contribution >= 4 is 17.4 Å². The number of likely N-dealkylation sites (tertiary alicyclic amines) is 1. The van der Waals surface area contributed by atoms with Crippen molar-refractivity contribution < 1.29 is 14.7 Å². The van der Waals surface area contributed by atoms with E-state index in [1.165, 1.54) is 10.5 Å². The number of benzene rings is 2. The van der Waals surface area contributed by atoms with Gasteiger partial charge in [-0.25, -0.2) is 0 Å². The predicted molar refractivity (Wildman–Crippen MR) is 106 cm³/mol. The summed E-state index contributed by atoms with van der Waals surface area (Å²) in [6, 6.07) is 16.0. The second kappa shape index (κ2) is 7.62. The molecule has 0 saturated carbocycles. The highest BCUT2D eigenvalue weighted by atomic mass is 16.3. The van der Waals surface area contributed by atoms with E-state index in [1.54, 1.807) is 30.3 Å². The van der Waals surface area contributed by atoms with Crippen LogP contribution in [0, 0.1) is 0 Å². The van der Waals surface area contributed by atoms with Gasteiger partial charge in [-0.2, -0.15) is 0 Å². The van der Waals surface area contributed by atoms with Crippen molar-refractivity contribution in [2.24, 2.45) is 0 Å². The van der Waals surface area contributed by atoms with E-state index >= 15 is 0 Å². The first-order valence-electron chi connectivity index (χ1n) is 9.00. The van der Waals surface area contributed by atoms with E-state index in [-0.39, 0.29) is 17.9 Å². The lowest BCUT2D eigenvalue weighted by Gasteiger charge is -2.24. The number of hydrogen-bond donors (Lipinski definition) is 1. The lowest BCUT2D eigenvalue weighted by Crippen LogP contribution is -2.29. The molecule has 0 radical (unpaired) electrons. The van der Waals surface area contributed by atoms with Crippen LogP contribution < -0.4 is 0 Å². The SMILES string of the molecule is C=CCN1C(=O)C(=O)/C(=C(/O)c2ccccc2)[C@H]1c1ccc(C(C)C)cc1. The quantitative estimate of drug-likeness (QED) is 0.371. The summed E-state index contributed by atoms with van der Waals surface area (Å²) in [6.07, 6.45) is 1.59. The summed E-state index contributed by atoms with van der Waals surface area (Å²) in [7, 11) is 0. The molecular formula is C23H23NO3. The number of carbonyl (C=O) groups excluding carboxylic acids is 2. The van der Waals surface area contributed by atoms with E-state index in [9.17, 15) is 14.7 Å². The summed E-state index contributed by atoms with van der Waals surface area (Å²) in [5.41, 5.74) is 2.59. The van der Waals surface area contributed by atoms with Crippen molar-refractivity contribution in [3.05, 3.63) is 89.5 Å². The standard InChI is InChI=1S/C23H23NO3/c1-4-14-24-20(17-12-10-16(11-13-17)15(2)3)19(22(26)23(24)27)21(25)18-8-6-5-7-9-18/h4-13,15,20,25H,1,14H2,2-3H3/b21-19+/t20-/m1/s1. The maximum atomic E-state index is 12.7. The largest absolute Gasteiger partial charge is 0.507 e. The molecule has 0 bridgehead atoms. The Labute approximate surface area is 159 Å². The van der Waals surface area contributed by atoms with Crippen LogP contribution in [-0.2, 0) is 9.59 Å². The summed E-state index contributed by atoms with van der Waals surface area (Å²) in [5, 5.41) is 10.8. The second-order valence-corrected chi connectivity index (χ2v) is 6.93. The number of nitrogens with zero attached hydrogens (tertiary/aromatic N) is 1. The number of carbonyl (C=O) groups is 2. The maximum absolute atomic E-state index is 12.7. The van der Waals surface area contributed by atoms with Crippen LogP contribution in [0.25, 0.3) is 5.76 Å². The minimum absolute atomic E-state index is 0.116. The Bertz CT molecular complexity index is 895. The molecule has 3 rings (SSSR count). The Morgan fingerprint density at radius 2 is 1.74 bits per heavy atom. The average Bonchev–Trinajstić information content (AvgIpc) is 2.93. The number of Topliss-reactive ketones (excluding diaryl/α,β-unsaturated/α-hetero) is 1. The predicted octanol–water partition coefficient (Wildman–Crippen LogP) is 4.42. The first-order chi connectivity index (χ1) is 13.0. The normalized spacial score (nSPS) is 18.9. The molecule has 27 heavy (non-hydrogen) atoms. The number of ketones is 1. The molecule has 0 spiro atoms. The van der Waals surface area contributed by atoms with E-state index in [0.29, 0.717) is 11.5 Å². The van der Waals surface area contributed by atoms with E-state index < -0.39 is 17.7 Å². The fourth-order valence-electron chi connectivity index (χ4n) is 3.37. The lowest BCUT2D eigenvalue weighted by molar-refractivity contribution is -0.139. The van der Waals surface area contributed by atoms with Crippen LogP contribution in [0.1, 0.15) is 42.5 Å². The van der Waals surface area contributed by atoms with E-state index in [1.807, 2.05) is 30.3 Å². The van der Waals surface area contributed by atoms with Crippen molar-refractivity contribution in [3.8, 4) is 0 Å². The third-order valence-corrected chi connectivity index (χ3v) is 4.83. The molecule has 1 aliphatic rings. The molecule has 2 aromatic rings. The van der Waals surface area contributed by atoms with Crippen LogP contribution in [0.2, 0.25) is 0 Å². The average molecular weight is 361 g/mol. The first kappa shape index (κ1) is 18.6. The molecule has 1 heterocycles. The van der Waals surface area contributed by atoms with Crippen LogP contribution >= 0.6 is 0 Å². The lowest BCUT2D eigenvalue weighted by atomic mass is 9.93. The van der Waals surface area contributed by atoms with Crippen molar-refractivity contribution in [2.75, 3.05) is 6.54 Å². The Morgan fingerprint density at radius 3 is 2.30 bits per heavy atom. The smallest absolute Gasteiger partial charge is 0.295 e. The van der Waals surface area contributed by atoms with Crippen molar-refractivity contribution in [1.29, 1.82) is 0 Å². The first-order valence-corrected chi connectivity index (χ1v) is 9.00. The fraction of sp³-hybridized carbons (Fsp3) is 0.217. The molecule has 4 heteroatoms. The summed E-state index contributed by atoms with van der Waals surface area (Å²) < 4.78 is 0. The Morgan fingerprint density at radius 1 is 1.11 bits per heavy atom. The molecule has 1 fully saturated rings. The molecule has 0 aromatic heterocycles. The summed E-state index contributed by atoms with van der Waals surface area (Å²) >= 11 is 0. The maximum Gasteiger partial charge on any atom is 0.295 e. The van der Waals surface area contributed by atoms with Gasteiger partial charge in [0.1, 0.15) is 5.76 Å². The third kappa shape index (κ3) is 3.43. The summed E-state index contributed by atoms with van der Waals surface area (Å²) in [6.45, 7) is 8.13. The zero-order valence-corrected chi connectivity index (χ0v) is 15.6. The summed E-state index contributed by atoms with van der Waals surface area (Å²) in [5.74, 6) is -1.07. The van der Waals surface area contributed by atoms with Gasteiger partial charge in [-0.3, -0.25) is 9.59 Å². The Kier molecular flexibility index (Phi) is 5.26. The van der Waals surface area contributed by atoms with E-state index in [2.05, 4.69) is 20.4 Å². The van der Waals surface area contributed by atoms with Gasteiger partial charge in [0.2, 0.25) is 0 Å². The van der Waals surface area contributed by atoms with Crippen LogP contribution in [0.3, 0.4) is 0 Å². The molecule has 2 aromatic carbocycles. The molecule has 0 aliphatic carbocycles. The number of aliphatic hydroxyl groups is 1. The summed E-state index contributed by atoms with van der Waals surface area (Å²) in [4.78, 5) is 26.8. The van der Waals surface area contributed by atoms with E-state index in [4.69, 9.17) is 0 Å². The molecule has 138 valence electrons. The van der Waals surface area contributed by atoms with Crippen LogP contribution in [0.4, 0.5) is 0 Å². The van der Waals surface area contributed by atoms with Gasteiger partial charge in [0.15, 0.2) is 0 Å². The fourth-order valence-corrected chi connectivity index (χ4v) is 3.37. The molecule has 1 amide bonds. The van der Waals surface area contributed by atoms with Crippen LogP contribution in [0.15, 0.2) is 72.8 Å². The van der Waals surface area contributed by atoms with Crippen molar-refractivity contribution in [3.63, 3.8) is 0 Å². The monoisotopic (exact) mass is 361 g/mol. The highest BCUT2D eigenvalue weighted by Crippen LogP contribution is 2.39. The molecule has 1 N–H and O–H groups in total. The molecule has 1 aliphatic heterocycles. The zero-order chi connectivity index (χ0) is 19.6. The number of aliphatic hydroxyl groups excluding tert-OH is 1. The van der Waals surface area contributed by atoms with Gasteiger partial charge in [-0.05, 0) is 17.0 Å². The second-order valence-electron chi connectivity index (χ2n) is 6.93. The van der Waals surface area contributed by atoms with Crippen molar-refractivity contribution in [1.82, 2.24) is 4.90 Å². The molecule has 1 saturated heterocycles. The highest BCUT2D eigenvalue weighted by molar-refractivity contribution is 6.46. The minimum atomic E-state index is -0.670. The molecule has 4 nitrogen and oxygen atoms in total. The van der Waals surface area contributed by atoms with Gasteiger partial charge < -0.3 is 10.0 Å². The molecule has 1 atom stereocenters. The topological polar surface area (TPSA) is 57.6 Å². The van der Waals surface area contributed by atoms with Crippen LogP contribution in [-0.4, -0.2) is 28.2 Å². The van der Waals surface area contributed by atoms with Gasteiger partial charge in [0.05, 0.1) is 11.6 Å². The van der Waals surface area contributed by atoms with E-state index in [0.717, 1.165) is 5.56 Å². The Hall–Kier alpha value is -3.14. The van der Waals surface area contributed by atoms with Gasteiger partial charge in [0.25, 0.3) is 11.7 Å². The number of hydrogen-bond acceptors (Lipinski definition) is 3. The molecule has 0 unspecified atom stereocenters. The molecular weight excluding hydrogens is 338 g/mol. The zero-order valence-electron chi connectivity index (χ0n) is 15.6. The minimum Gasteiger partial charge on any atom is -0.507 e. The van der Waals surface area contributed by atoms with Gasteiger partial charge >= 0.3 is 0 Å². The number of amides is 1. The van der Waals surface area contributed by atoms with Gasteiger partial charge in [0, 0.05) is 12.1 Å². The highest BCUT2D eigenvalue weighted by Gasteiger charge is 2.45.